The summed E-state index contributed by atoms with van der Waals surface area (Å²) in [6, 6.07) is 13.0. The van der Waals surface area contributed by atoms with E-state index in [0.29, 0.717) is 49.1 Å². The monoisotopic (exact) mass is 494 g/mol. The fraction of sp³-hybridized carbons (Fsp3) is 0.385. The third-order valence-corrected chi connectivity index (χ3v) is 7.44. The quantitative estimate of drug-likeness (QED) is 0.472. The second-order valence-corrected chi connectivity index (χ2v) is 9.37. The van der Waals surface area contributed by atoms with Gasteiger partial charge in [0.1, 0.15) is 37.7 Å². The van der Waals surface area contributed by atoms with E-state index in [2.05, 4.69) is 0 Å². The zero-order chi connectivity index (χ0) is 25.4. The number of benzene rings is 2. The van der Waals surface area contributed by atoms with E-state index in [1.54, 1.807) is 62.8 Å². The van der Waals surface area contributed by atoms with Gasteiger partial charge in [-0.2, -0.15) is 0 Å². The molecule has 2 aromatic carbocycles. The lowest BCUT2D eigenvalue weighted by molar-refractivity contribution is -1.02. The van der Waals surface area contributed by atoms with E-state index in [1.807, 2.05) is 0 Å². The fourth-order valence-corrected chi connectivity index (χ4v) is 5.53. The van der Waals surface area contributed by atoms with Gasteiger partial charge in [-0.25, -0.2) is 9.80 Å². The predicted molar refractivity (Wildman–Crippen MR) is 129 cm³/mol. The molecule has 3 saturated heterocycles. The summed E-state index contributed by atoms with van der Waals surface area (Å²) in [7, 11) is 3.08. The van der Waals surface area contributed by atoms with Gasteiger partial charge in [0.05, 0.1) is 38.4 Å². The number of nitrogens with zero attached hydrogens (tertiary/aromatic N) is 2. The number of nitrogens with one attached hydrogen (secondary N) is 2. The van der Waals surface area contributed by atoms with Gasteiger partial charge in [-0.05, 0) is 24.3 Å². The molecule has 0 unspecified atom stereocenters. The van der Waals surface area contributed by atoms with E-state index in [9.17, 15) is 19.2 Å². The van der Waals surface area contributed by atoms with Crippen LogP contribution < -0.4 is 29.1 Å². The summed E-state index contributed by atoms with van der Waals surface area (Å²) < 4.78 is 10.5. The number of hydrogen-bond acceptors (Lipinski definition) is 6. The minimum atomic E-state index is -0.445. The van der Waals surface area contributed by atoms with Gasteiger partial charge in [-0.1, -0.05) is 12.1 Å². The Labute approximate surface area is 208 Å². The van der Waals surface area contributed by atoms with Gasteiger partial charge in [0.25, 0.3) is 11.8 Å². The van der Waals surface area contributed by atoms with E-state index in [-0.39, 0.29) is 36.5 Å². The molecule has 0 aliphatic carbocycles. The van der Waals surface area contributed by atoms with Crippen molar-refractivity contribution in [2.24, 2.45) is 0 Å². The van der Waals surface area contributed by atoms with Crippen molar-refractivity contribution in [3.63, 3.8) is 0 Å². The Balaban J connectivity index is 1.23. The predicted octanol–water partition coefficient (Wildman–Crippen LogP) is -1.55. The maximum atomic E-state index is 13.2. The van der Waals surface area contributed by atoms with Crippen LogP contribution in [0.25, 0.3) is 0 Å². The van der Waals surface area contributed by atoms with Crippen LogP contribution in [0.3, 0.4) is 0 Å². The largest absolute Gasteiger partial charge is 0.497 e. The first-order valence-electron chi connectivity index (χ1n) is 12.1. The van der Waals surface area contributed by atoms with Crippen molar-refractivity contribution < 1.29 is 38.5 Å². The minimum absolute atomic E-state index is 0.158. The van der Waals surface area contributed by atoms with Crippen LogP contribution >= 0.6 is 0 Å². The van der Waals surface area contributed by atoms with Crippen LogP contribution in [-0.4, -0.2) is 76.1 Å². The van der Waals surface area contributed by atoms with Crippen molar-refractivity contribution in [1.29, 1.82) is 0 Å². The van der Waals surface area contributed by atoms with Gasteiger partial charge < -0.3 is 19.3 Å². The van der Waals surface area contributed by atoms with Gasteiger partial charge in [-0.3, -0.25) is 19.2 Å². The SMILES string of the molecule is COc1cccc(N2C(=O)C[C@H]([NH+]3CC[NH+]([C@H]4CC(=O)N(c5cccc(OC)c5)C4=O)CC3)C2=O)c1. The molecule has 0 spiro atoms. The lowest BCUT2D eigenvalue weighted by Crippen LogP contribution is -3.31. The van der Waals surface area contributed by atoms with E-state index in [1.165, 1.54) is 9.80 Å². The van der Waals surface area contributed by atoms with Crippen LogP contribution in [0.4, 0.5) is 11.4 Å². The van der Waals surface area contributed by atoms with Crippen molar-refractivity contribution in [3.8, 4) is 11.5 Å². The molecule has 0 bridgehead atoms. The molecule has 3 aliphatic rings. The smallest absolute Gasteiger partial charge is 0.292 e. The van der Waals surface area contributed by atoms with Crippen LogP contribution in [-0.2, 0) is 19.2 Å². The summed E-state index contributed by atoms with van der Waals surface area (Å²) in [6.07, 6.45) is 0.316. The lowest BCUT2D eigenvalue weighted by atomic mass is 10.1. The minimum Gasteiger partial charge on any atom is -0.497 e. The van der Waals surface area contributed by atoms with E-state index in [4.69, 9.17) is 9.47 Å². The molecule has 4 amide bonds. The normalized spacial score (nSPS) is 26.6. The van der Waals surface area contributed by atoms with Gasteiger partial charge in [0.15, 0.2) is 12.1 Å². The average molecular weight is 495 g/mol. The molecule has 2 atom stereocenters. The first kappa shape index (κ1) is 24.0. The molecule has 188 valence electrons. The Morgan fingerprint density at radius 2 is 1.06 bits per heavy atom. The van der Waals surface area contributed by atoms with Crippen molar-refractivity contribution in [2.45, 2.75) is 24.9 Å². The molecule has 0 saturated carbocycles. The van der Waals surface area contributed by atoms with E-state index < -0.39 is 12.1 Å². The third kappa shape index (κ3) is 4.22. The van der Waals surface area contributed by atoms with Crippen LogP contribution in [0, 0.1) is 0 Å². The molecule has 3 aliphatic heterocycles. The summed E-state index contributed by atoms with van der Waals surface area (Å²) in [5, 5.41) is 0. The number of carbonyl (C=O) groups is 4. The first-order chi connectivity index (χ1) is 17.4. The number of anilines is 2. The van der Waals surface area contributed by atoms with Gasteiger partial charge in [0, 0.05) is 12.1 Å². The molecule has 2 aromatic rings. The Morgan fingerprint density at radius 3 is 1.42 bits per heavy atom. The van der Waals surface area contributed by atoms with Gasteiger partial charge >= 0.3 is 0 Å². The van der Waals surface area contributed by atoms with Crippen molar-refractivity contribution in [1.82, 2.24) is 0 Å². The summed E-state index contributed by atoms with van der Waals surface area (Å²) in [6.45, 7) is 2.56. The van der Waals surface area contributed by atoms with Gasteiger partial charge in [0.2, 0.25) is 11.8 Å². The Kier molecular flexibility index (Phi) is 6.46. The van der Waals surface area contributed by atoms with Crippen molar-refractivity contribution in [2.75, 3.05) is 50.2 Å². The number of amides is 4. The Bertz CT molecular complexity index is 1110. The standard InChI is InChI=1S/C26H28N4O6/c1-35-19-7-3-5-17(13-19)29-23(31)15-21(25(29)33)27-9-11-28(12-10-27)22-16-24(32)30(26(22)34)18-6-4-8-20(14-18)36-2/h3-8,13-14,21-22H,9-12,15-16H2,1-2H3/p+2/t21-,22-/m0/s1. The number of hydrogen-bond donors (Lipinski definition) is 2. The molecular formula is C26H30N4O6+2. The molecular weight excluding hydrogens is 464 g/mol. The van der Waals surface area contributed by atoms with E-state index in [0.717, 1.165) is 9.80 Å². The van der Waals surface area contributed by atoms with Crippen molar-refractivity contribution >= 4 is 35.0 Å². The van der Waals surface area contributed by atoms with Crippen LogP contribution in [0.5, 0.6) is 11.5 Å². The van der Waals surface area contributed by atoms with Crippen LogP contribution in [0.15, 0.2) is 48.5 Å². The summed E-state index contributed by atoms with van der Waals surface area (Å²) in [4.78, 5) is 56.6. The maximum absolute atomic E-state index is 13.2. The second kappa shape index (κ2) is 9.71. The number of piperazine rings is 1. The van der Waals surface area contributed by atoms with Gasteiger partial charge in [-0.15, -0.1) is 0 Å². The molecule has 36 heavy (non-hydrogen) atoms. The molecule has 10 heteroatoms. The average Bonchev–Trinajstić information content (AvgIpc) is 3.37. The maximum Gasteiger partial charge on any atom is 0.292 e. The van der Waals surface area contributed by atoms with Crippen LogP contribution in [0.1, 0.15) is 12.8 Å². The first-order valence-corrected chi connectivity index (χ1v) is 12.1. The number of quaternary nitrogens is 2. The lowest BCUT2D eigenvalue weighted by Gasteiger charge is -2.34. The number of carbonyl (C=O) groups excluding carboxylic acids is 4. The highest BCUT2D eigenvalue weighted by molar-refractivity contribution is 6.22. The summed E-state index contributed by atoms with van der Waals surface area (Å²) >= 11 is 0. The highest BCUT2D eigenvalue weighted by Crippen LogP contribution is 2.27. The molecule has 5 rings (SSSR count). The topological polar surface area (TPSA) is 102 Å². The highest BCUT2D eigenvalue weighted by Gasteiger charge is 2.50. The fourth-order valence-electron chi connectivity index (χ4n) is 5.53. The molecule has 2 N–H and O–H groups in total. The molecule has 3 fully saturated rings. The number of ether oxygens (including phenoxy) is 2. The second-order valence-electron chi connectivity index (χ2n) is 9.37. The number of rotatable bonds is 6. The Hall–Kier alpha value is -3.76. The zero-order valence-corrected chi connectivity index (χ0v) is 20.4. The molecule has 3 heterocycles. The van der Waals surface area contributed by atoms with Crippen LogP contribution in [0.2, 0.25) is 0 Å². The summed E-state index contributed by atoms with van der Waals surface area (Å²) in [5.74, 6) is 0.322. The molecule has 10 nitrogen and oxygen atoms in total. The van der Waals surface area contributed by atoms with Crippen molar-refractivity contribution in [3.05, 3.63) is 48.5 Å². The third-order valence-electron chi connectivity index (χ3n) is 7.44. The number of imide groups is 2. The molecule has 0 aromatic heterocycles. The summed E-state index contributed by atoms with van der Waals surface area (Å²) in [5.41, 5.74) is 1.03. The van der Waals surface area contributed by atoms with E-state index >= 15 is 0 Å². The molecule has 0 radical (unpaired) electrons. The highest BCUT2D eigenvalue weighted by atomic mass is 16.5. The Morgan fingerprint density at radius 1 is 0.667 bits per heavy atom. The zero-order valence-electron chi connectivity index (χ0n) is 20.4. The number of methoxy groups -OCH3 is 2.